The predicted octanol–water partition coefficient (Wildman–Crippen LogP) is 5.90. The fourth-order valence-electron chi connectivity index (χ4n) is 7.75. The number of thiocarbonyl (C=S) groups is 1. The molecule has 2 aliphatic heterocycles. The molecule has 15 nitrogen and oxygen atoms in total. The Morgan fingerprint density at radius 3 is 2.24 bits per heavy atom. The number of H-pyrrole nitrogens is 1. The summed E-state index contributed by atoms with van der Waals surface area (Å²) in [5, 5.41) is 15.0. The first-order chi connectivity index (χ1) is 30.3. The number of pyridine rings is 4. The lowest BCUT2D eigenvalue weighted by atomic mass is 10.0. The van der Waals surface area contributed by atoms with Gasteiger partial charge in [-0.3, -0.25) is 34.0 Å². The van der Waals surface area contributed by atoms with Gasteiger partial charge in [-0.05, 0) is 99.4 Å². The van der Waals surface area contributed by atoms with Gasteiger partial charge >= 0.3 is 0 Å². The second-order valence-electron chi connectivity index (χ2n) is 16.0. The normalized spacial score (nSPS) is 15.2. The van der Waals surface area contributed by atoms with Crippen molar-refractivity contribution in [1.82, 2.24) is 35.5 Å². The van der Waals surface area contributed by atoms with E-state index in [9.17, 15) is 19.2 Å². The highest BCUT2D eigenvalue weighted by atomic mass is 35.5. The number of nitrogens with zero attached hydrogens (tertiary/aromatic N) is 8. The molecular weight excluding hydrogens is 845 g/mol. The minimum Gasteiger partial charge on any atom is -0.368 e. The first kappa shape index (κ1) is 44.7. The molecule has 18 heteroatoms. The minimum absolute atomic E-state index is 0.00521. The monoisotopic (exact) mass is 891 g/mol. The summed E-state index contributed by atoms with van der Waals surface area (Å²) in [5.74, 6) is -1.97. The summed E-state index contributed by atoms with van der Waals surface area (Å²) in [6, 6.07) is 14.9. The number of hydrogen-bond donors (Lipinski definition) is 3. The van der Waals surface area contributed by atoms with Crippen LogP contribution in [0.1, 0.15) is 84.1 Å². The van der Waals surface area contributed by atoms with Crippen molar-refractivity contribution in [2.45, 2.75) is 65.0 Å². The summed E-state index contributed by atoms with van der Waals surface area (Å²) in [6.45, 7) is 10.1. The molecule has 0 bridgehead atoms. The largest absolute Gasteiger partial charge is 0.368 e. The molecular formula is C45H47ClFN11O4S. The van der Waals surface area contributed by atoms with E-state index in [-0.39, 0.29) is 44.2 Å². The number of unbranched alkanes of at least 4 members (excludes halogenated alkanes) is 3. The van der Waals surface area contributed by atoms with Gasteiger partial charge in [0.1, 0.15) is 23.1 Å². The number of anilines is 3. The third kappa shape index (κ3) is 9.83. The maximum atomic E-state index is 15.4. The van der Waals surface area contributed by atoms with Gasteiger partial charge in [-0.2, -0.15) is 5.26 Å². The molecule has 0 radical (unpaired) electrons. The van der Waals surface area contributed by atoms with E-state index in [1.165, 1.54) is 40.3 Å². The van der Waals surface area contributed by atoms with Gasteiger partial charge in [0.2, 0.25) is 0 Å². The highest BCUT2D eigenvalue weighted by molar-refractivity contribution is 7.81. The number of carbonyl (C=O) groups excluding carboxylic acids is 3. The molecule has 2 aliphatic rings. The van der Waals surface area contributed by atoms with Crippen LogP contribution in [0.2, 0.25) is 5.02 Å². The Kier molecular flexibility index (Phi) is 13.7. The molecule has 0 atom stereocenters. The van der Waals surface area contributed by atoms with Gasteiger partial charge in [0.15, 0.2) is 10.8 Å². The Morgan fingerprint density at radius 1 is 0.889 bits per heavy atom. The summed E-state index contributed by atoms with van der Waals surface area (Å²) < 4.78 is 15.4. The highest BCUT2D eigenvalue weighted by Crippen LogP contribution is 2.37. The van der Waals surface area contributed by atoms with Crippen LogP contribution >= 0.6 is 23.8 Å². The lowest BCUT2D eigenvalue weighted by molar-refractivity contribution is -0.120. The number of aryl methyl sites for hydroxylation is 1. The van der Waals surface area contributed by atoms with Crippen LogP contribution in [-0.4, -0.2) is 92.5 Å². The van der Waals surface area contributed by atoms with Crippen LogP contribution in [0.3, 0.4) is 0 Å². The number of fused-ring (bicyclic) bond motifs is 1. The van der Waals surface area contributed by atoms with Gasteiger partial charge < -0.3 is 25.4 Å². The number of amides is 3. The number of halogens is 2. The summed E-state index contributed by atoms with van der Waals surface area (Å²) in [5.41, 5.74) is 3.78. The molecule has 326 valence electrons. The minimum atomic E-state index is -1.21. The quantitative estimate of drug-likeness (QED) is 0.0838. The van der Waals surface area contributed by atoms with Crippen LogP contribution in [0.25, 0.3) is 11.0 Å². The van der Waals surface area contributed by atoms with Crippen molar-refractivity contribution in [3.63, 3.8) is 0 Å². The van der Waals surface area contributed by atoms with Crippen LogP contribution in [0, 0.1) is 17.1 Å². The van der Waals surface area contributed by atoms with E-state index in [0.717, 1.165) is 79.8 Å². The van der Waals surface area contributed by atoms with Crippen LogP contribution in [-0.2, 0) is 17.8 Å². The molecule has 0 spiro atoms. The van der Waals surface area contributed by atoms with Crippen LogP contribution in [0.4, 0.5) is 21.5 Å². The van der Waals surface area contributed by atoms with Crippen molar-refractivity contribution >= 4 is 74.7 Å². The van der Waals surface area contributed by atoms with Gasteiger partial charge in [0.05, 0.1) is 45.4 Å². The molecule has 5 aromatic rings. The fourth-order valence-corrected chi connectivity index (χ4v) is 8.48. The van der Waals surface area contributed by atoms with Crippen molar-refractivity contribution in [3.05, 3.63) is 116 Å². The highest BCUT2D eigenvalue weighted by Gasteiger charge is 2.50. The maximum Gasteiger partial charge on any atom is 0.269 e. The lowest BCUT2D eigenvalue weighted by Crippen LogP contribution is -2.46. The zero-order valence-corrected chi connectivity index (χ0v) is 36.8. The Morgan fingerprint density at radius 2 is 1.59 bits per heavy atom. The standard InChI is InChI=1S/C45H47ClFN11O4S/c1-4-29-20-37-38(54-40(29)59)19-28(24-51-37)27-55-15-17-56(18-16-55)31-10-12-36(52-25-31)42(61)50-14-8-6-5-7-13-49-41(60)33-11-9-30(22-35(33)47)58-44(63)57(43(62)45(58,2)3)32-21-34(46)39(23-48)53-26-32/h9-12,19-22,24-26H,4-8,13-18,27H2,1-3H3,(H,49,60)(H,50,61)(H,54,59). The predicted molar refractivity (Wildman–Crippen MR) is 244 cm³/mol. The van der Waals surface area contributed by atoms with Gasteiger partial charge in [-0.15, -0.1) is 0 Å². The van der Waals surface area contributed by atoms with Crippen molar-refractivity contribution in [1.29, 1.82) is 5.26 Å². The zero-order valence-electron chi connectivity index (χ0n) is 35.2. The summed E-state index contributed by atoms with van der Waals surface area (Å²) >= 11 is 11.8. The molecule has 2 fully saturated rings. The number of aromatic amines is 1. The molecule has 2 saturated heterocycles. The third-order valence-electron chi connectivity index (χ3n) is 11.3. The number of rotatable bonds is 15. The maximum absolute atomic E-state index is 15.4. The number of carbonyl (C=O) groups is 3. The van der Waals surface area contributed by atoms with Gasteiger partial charge in [0.25, 0.3) is 23.3 Å². The fraction of sp³-hybridized carbons (Fsp3) is 0.356. The van der Waals surface area contributed by atoms with Crippen molar-refractivity contribution < 1.29 is 18.8 Å². The first-order valence-electron chi connectivity index (χ1n) is 20.8. The number of benzene rings is 1. The van der Waals surface area contributed by atoms with E-state index in [1.54, 1.807) is 26.1 Å². The number of hydrogen-bond acceptors (Lipinski definition) is 11. The molecule has 3 amide bonds. The Hall–Kier alpha value is -6.35. The van der Waals surface area contributed by atoms with E-state index in [4.69, 9.17) is 29.1 Å². The first-order valence-corrected chi connectivity index (χ1v) is 21.6. The van der Waals surface area contributed by atoms with E-state index in [0.29, 0.717) is 31.6 Å². The summed E-state index contributed by atoms with van der Waals surface area (Å²) in [7, 11) is 0. The smallest absolute Gasteiger partial charge is 0.269 e. The number of nitrogens with one attached hydrogen (secondary N) is 3. The van der Waals surface area contributed by atoms with Crippen LogP contribution in [0.15, 0.2) is 71.9 Å². The Balaban J connectivity index is 0.793. The Labute approximate surface area is 374 Å². The summed E-state index contributed by atoms with van der Waals surface area (Å²) in [6.07, 6.45) is 8.63. The zero-order chi connectivity index (χ0) is 44.8. The van der Waals surface area contributed by atoms with Crippen molar-refractivity contribution in [3.8, 4) is 6.07 Å². The number of nitriles is 1. The van der Waals surface area contributed by atoms with Crippen LogP contribution < -0.4 is 30.9 Å². The number of piperazine rings is 1. The molecule has 6 heterocycles. The van der Waals surface area contributed by atoms with Gasteiger partial charge in [-0.25, -0.2) is 14.4 Å². The topological polar surface area (TPSA) is 184 Å². The molecule has 0 aliphatic carbocycles. The average Bonchev–Trinajstić information content (AvgIpc) is 3.45. The van der Waals surface area contributed by atoms with Crippen molar-refractivity contribution in [2.75, 3.05) is 54.0 Å². The number of aromatic nitrogens is 4. The molecule has 0 saturated carbocycles. The molecule has 1 aromatic carbocycles. The second kappa shape index (κ2) is 19.4. The summed E-state index contributed by atoms with van der Waals surface area (Å²) in [4.78, 5) is 74.7. The van der Waals surface area contributed by atoms with Gasteiger partial charge in [0, 0.05) is 63.3 Å². The second-order valence-corrected chi connectivity index (χ2v) is 16.7. The molecule has 0 unspecified atom stereocenters. The average molecular weight is 892 g/mol. The van der Waals surface area contributed by atoms with E-state index < -0.39 is 23.2 Å². The Bertz CT molecular complexity index is 2660. The van der Waals surface area contributed by atoms with E-state index >= 15 is 4.39 Å². The SMILES string of the molecule is CCc1cc2ncc(CN3CCN(c4ccc(C(=O)NCCCCCCNC(=O)c5ccc(N6C(=S)N(c7cnc(C#N)c(Cl)c7)C(=O)C6(C)C)cc5F)nc4)CC3)cc2[nH]c1=O. The lowest BCUT2D eigenvalue weighted by Gasteiger charge is -2.36. The van der Waals surface area contributed by atoms with E-state index in [1.807, 2.05) is 37.4 Å². The molecule has 63 heavy (non-hydrogen) atoms. The third-order valence-corrected chi connectivity index (χ3v) is 12.0. The van der Waals surface area contributed by atoms with Crippen LogP contribution in [0.5, 0.6) is 0 Å². The molecule has 4 aromatic heterocycles. The van der Waals surface area contributed by atoms with E-state index in [2.05, 4.69) is 40.4 Å². The van der Waals surface area contributed by atoms with Crippen molar-refractivity contribution in [2.24, 2.45) is 0 Å². The van der Waals surface area contributed by atoms with Gasteiger partial charge in [-0.1, -0.05) is 31.4 Å². The molecule has 7 rings (SSSR count). The molecule has 3 N–H and O–H groups in total.